The van der Waals surface area contributed by atoms with E-state index in [2.05, 4.69) is 15.9 Å². The number of hydrogen-bond acceptors (Lipinski definition) is 4. The van der Waals surface area contributed by atoms with E-state index in [9.17, 15) is 9.90 Å². The molecule has 1 atom stereocenters. The number of hydrogen-bond donors (Lipinski definition) is 1. The maximum Gasteiger partial charge on any atom is 0.253 e. The van der Waals surface area contributed by atoms with Crippen molar-refractivity contribution in [2.45, 2.75) is 6.10 Å². The van der Waals surface area contributed by atoms with Gasteiger partial charge < -0.3 is 19.5 Å². The number of rotatable bonds is 5. The van der Waals surface area contributed by atoms with E-state index in [4.69, 9.17) is 9.47 Å². The molecule has 1 unspecified atom stereocenters. The van der Waals surface area contributed by atoms with E-state index in [1.807, 2.05) is 24.3 Å². The molecule has 1 aliphatic heterocycles. The summed E-state index contributed by atoms with van der Waals surface area (Å²) in [5.41, 5.74) is 1.43. The van der Waals surface area contributed by atoms with Crippen molar-refractivity contribution in [3.8, 4) is 5.75 Å². The maximum absolute atomic E-state index is 12.3. The molecular weight excluding hydrogens is 338 g/mol. The van der Waals surface area contributed by atoms with Crippen molar-refractivity contribution in [1.82, 2.24) is 4.90 Å². The highest BCUT2D eigenvalue weighted by Gasteiger charge is 2.21. The van der Waals surface area contributed by atoms with Gasteiger partial charge in [0.2, 0.25) is 0 Å². The molecule has 0 aromatic heterocycles. The molecule has 1 aliphatic rings. The van der Waals surface area contributed by atoms with Crippen LogP contribution in [-0.2, 0) is 9.53 Å². The molecule has 21 heavy (non-hydrogen) atoms. The van der Waals surface area contributed by atoms with Gasteiger partial charge in [-0.15, -0.1) is 0 Å². The summed E-state index contributed by atoms with van der Waals surface area (Å²) in [6.45, 7) is 0.649. The summed E-state index contributed by atoms with van der Waals surface area (Å²) in [4.78, 5) is 13.8. The monoisotopic (exact) mass is 355 g/mol. The number of fused-ring (bicyclic) bond motifs is 1. The number of benzene rings is 1. The fraction of sp³-hybridized carbons (Fsp3) is 0.400. The van der Waals surface area contributed by atoms with Crippen LogP contribution in [0.3, 0.4) is 0 Å². The van der Waals surface area contributed by atoms with Gasteiger partial charge in [0, 0.05) is 30.7 Å². The summed E-state index contributed by atoms with van der Waals surface area (Å²) in [6, 6.07) is 5.66. The van der Waals surface area contributed by atoms with Crippen LogP contribution in [0.5, 0.6) is 5.75 Å². The second-order valence-electron chi connectivity index (χ2n) is 4.94. The Kier molecular flexibility index (Phi) is 5.39. The molecule has 0 radical (unpaired) electrons. The molecular formula is C15H18BrNO4. The average Bonchev–Trinajstić information content (AvgIpc) is 2.45. The standard InChI is InChI=1S/C15H18BrNO4/c1-17(7-13(18)9-20-2)15(19)11-5-10-6-12(16)3-4-14(10)21-8-11/h3-6,13,18H,7-9H2,1-2H3. The summed E-state index contributed by atoms with van der Waals surface area (Å²) < 4.78 is 11.4. The fourth-order valence-corrected chi connectivity index (χ4v) is 2.54. The van der Waals surface area contributed by atoms with Gasteiger partial charge in [-0.1, -0.05) is 15.9 Å². The highest BCUT2D eigenvalue weighted by atomic mass is 79.9. The minimum atomic E-state index is -0.699. The molecule has 1 aromatic rings. The van der Waals surface area contributed by atoms with Gasteiger partial charge in [0.05, 0.1) is 18.3 Å². The number of aliphatic hydroxyl groups is 1. The minimum Gasteiger partial charge on any atom is -0.488 e. The number of carbonyl (C=O) groups is 1. The summed E-state index contributed by atoms with van der Waals surface area (Å²) in [6.07, 6.45) is 1.13. The van der Waals surface area contributed by atoms with Gasteiger partial charge in [0.15, 0.2) is 0 Å². The molecule has 114 valence electrons. The van der Waals surface area contributed by atoms with Crippen molar-refractivity contribution >= 4 is 27.9 Å². The molecule has 1 heterocycles. The first-order valence-corrected chi connectivity index (χ1v) is 7.36. The van der Waals surface area contributed by atoms with Crippen molar-refractivity contribution in [1.29, 1.82) is 0 Å². The van der Waals surface area contributed by atoms with E-state index in [1.165, 1.54) is 12.0 Å². The summed E-state index contributed by atoms with van der Waals surface area (Å²) in [5.74, 6) is 0.604. The largest absolute Gasteiger partial charge is 0.488 e. The Bertz CT molecular complexity index is 559. The SMILES string of the molecule is COCC(O)CN(C)C(=O)C1=Cc2cc(Br)ccc2OC1. The number of aliphatic hydroxyl groups excluding tert-OH is 1. The van der Waals surface area contributed by atoms with E-state index in [0.717, 1.165) is 15.8 Å². The quantitative estimate of drug-likeness (QED) is 0.873. The zero-order chi connectivity index (χ0) is 15.4. The Labute approximate surface area is 132 Å². The molecule has 0 spiro atoms. The van der Waals surface area contributed by atoms with E-state index < -0.39 is 6.10 Å². The zero-order valence-electron chi connectivity index (χ0n) is 12.0. The van der Waals surface area contributed by atoms with Gasteiger partial charge in [-0.3, -0.25) is 4.79 Å². The van der Waals surface area contributed by atoms with Crippen LogP contribution in [0.15, 0.2) is 28.2 Å². The van der Waals surface area contributed by atoms with Crippen LogP contribution < -0.4 is 4.74 Å². The second kappa shape index (κ2) is 7.06. The Morgan fingerprint density at radius 3 is 3.05 bits per heavy atom. The first-order chi connectivity index (χ1) is 10.0. The van der Waals surface area contributed by atoms with Crippen LogP contribution in [0.2, 0.25) is 0 Å². The summed E-state index contributed by atoms with van der Waals surface area (Å²) >= 11 is 3.40. The first-order valence-electron chi connectivity index (χ1n) is 6.56. The van der Waals surface area contributed by atoms with Crippen LogP contribution in [0.1, 0.15) is 5.56 Å². The third kappa shape index (κ3) is 4.06. The Balaban J connectivity index is 2.09. The van der Waals surface area contributed by atoms with Crippen LogP contribution in [0.4, 0.5) is 0 Å². The van der Waals surface area contributed by atoms with Gasteiger partial charge in [0.25, 0.3) is 5.91 Å². The number of halogens is 1. The number of nitrogens with zero attached hydrogens (tertiary/aromatic N) is 1. The van der Waals surface area contributed by atoms with Crippen molar-refractivity contribution in [2.75, 3.05) is 33.9 Å². The molecule has 2 rings (SSSR count). The predicted octanol–water partition coefficient (Wildman–Crippen LogP) is 1.69. The number of ether oxygens (including phenoxy) is 2. The van der Waals surface area contributed by atoms with Crippen LogP contribution in [0, 0.1) is 0 Å². The van der Waals surface area contributed by atoms with Gasteiger partial charge in [-0.05, 0) is 24.3 Å². The topological polar surface area (TPSA) is 59.0 Å². The lowest BCUT2D eigenvalue weighted by Gasteiger charge is -2.24. The highest BCUT2D eigenvalue weighted by molar-refractivity contribution is 9.10. The zero-order valence-corrected chi connectivity index (χ0v) is 13.6. The van der Waals surface area contributed by atoms with E-state index in [0.29, 0.717) is 5.57 Å². The number of amides is 1. The minimum absolute atomic E-state index is 0.157. The molecule has 0 saturated carbocycles. The van der Waals surface area contributed by atoms with Crippen molar-refractivity contribution in [2.24, 2.45) is 0 Å². The molecule has 1 N–H and O–H groups in total. The van der Waals surface area contributed by atoms with Gasteiger partial charge in [0.1, 0.15) is 12.4 Å². The Hall–Kier alpha value is -1.37. The Morgan fingerprint density at radius 1 is 1.57 bits per heavy atom. The van der Waals surface area contributed by atoms with Crippen molar-refractivity contribution in [3.05, 3.63) is 33.8 Å². The molecule has 0 aliphatic carbocycles. The Morgan fingerprint density at radius 2 is 2.33 bits per heavy atom. The lowest BCUT2D eigenvalue weighted by atomic mass is 10.1. The van der Waals surface area contributed by atoms with Crippen LogP contribution >= 0.6 is 15.9 Å². The second-order valence-corrected chi connectivity index (χ2v) is 5.85. The number of likely N-dealkylation sites (N-methyl/N-ethyl adjacent to an activating group) is 1. The van der Waals surface area contributed by atoms with Gasteiger partial charge >= 0.3 is 0 Å². The molecule has 0 saturated heterocycles. The fourth-order valence-electron chi connectivity index (χ4n) is 2.16. The van der Waals surface area contributed by atoms with E-state index in [1.54, 1.807) is 7.05 Å². The lowest BCUT2D eigenvalue weighted by Crippen LogP contribution is -2.38. The average molecular weight is 356 g/mol. The molecule has 1 amide bonds. The normalized spacial score (nSPS) is 14.8. The van der Waals surface area contributed by atoms with Gasteiger partial charge in [-0.2, -0.15) is 0 Å². The lowest BCUT2D eigenvalue weighted by molar-refractivity contribution is -0.127. The molecule has 1 aromatic carbocycles. The number of carbonyl (C=O) groups excluding carboxylic acids is 1. The molecule has 0 fully saturated rings. The molecule has 0 bridgehead atoms. The predicted molar refractivity (Wildman–Crippen MR) is 83.1 cm³/mol. The smallest absolute Gasteiger partial charge is 0.253 e. The van der Waals surface area contributed by atoms with Crippen molar-refractivity contribution < 1.29 is 19.4 Å². The van der Waals surface area contributed by atoms with Crippen LogP contribution in [0.25, 0.3) is 6.08 Å². The first kappa shape index (κ1) is 16.0. The number of methoxy groups -OCH3 is 1. The maximum atomic E-state index is 12.3. The van der Waals surface area contributed by atoms with Crippen LogP contribution in [-0.4, -0.2) is 55.9 Å². The van der Waals surface area contributed by atoms with E-state index in [-0.39, 0.29) is 25.7 Å². The van der Waals surface area contributed by atoms with Gasteiger partial charge in [-0.25, -0.2) is 0 Å². The van der Waals surface area contributed by atoms with E-state index >= 15 is 0 Å². The third-order valence-electron chi connectivity index (χ3n) is 3.15. The van der Waals surface area contributed by atoms with Crippen molar-refractivity contribution in [3.63, 3.8) is 0 Å². The molecule has 6 heteroatoms. The highest BCUT2D eigenvalue weighted by Crippen LogP contribution is 2.29. The summed E-state index contributed by atoms with van der Waals surface area (Å²) in [5, 5.41) is 9.69. The molecule has 5 nitrogen and oxygen atoms in total. The summed E-state index contributed by atoms with van der Waals surface area (Å²) in [7, 11) is 3.16. The third-order valence-corrected chi connectivity index (χ3v) is 3.64.